The Labute approximate surface area is 128 Å². The molecule has 0 fully saturated rings. The van der Waals surface area contributed by atoms with Gasteiger partial charge in [0.25, 0.3) is 5.91 Å². The van der Waals surface area contributed by atoms with Crippen LogP contribution in [0.15, 0.2) is 12.1 Å². The number of halogens is 1. The van der Waals surface area contributed by atoms with Crippen LogP contribution in [0.2, 0.25) is 0 Å². The van der Waals surface area contributed by atoms with Crippen LogP contribution in [-0.2, 0) is 23.0 Å². The second kappa shape index (κ2) is 6.72. The summed E-state index contributed by atoms with van der Waals surface area (Å²) in [5, 5.41) is 8.64. The number of hydrogen-bond acceptors (Lipinski definition) is 4. The minimum absolute atomic E-state index is 0.0172. The molecule has 0 saturated heterocycles. The first-order valence-electron chi connectivity index (χ1n) is 7.12. The Kier molecular flexibility index (Phi) is 5.15. The molecule has 1 aromatic carbocycles. The van der Waals surface area contributed by atoms with Gasteiger partial charge in [-0.1, -0.05) is 6.92 Å². The van der Waals surface area contributed by atoms with Gasteiger partial charge >= 0.3 is 0 Å². The zero-order valence-electron chi connectivity index (χ0n) is 12.3. The van der Waals surface area contributed by atoms with Crippen molar-refractivity contribution in [3.8, 4) is 0 Å². The topological polar surface area (TPSA) is 86.7 Å². The number of carbonyl (C=O) groups excluding carboxylic acids is 1. The predicted molar refractivity (Wildman–Crippen MR) is 78.5 cm³/mol. The molecule has 22 heavy (non-hydrogen) atoms. The Morgan fingerprint density at radius 2 is 2.18 bits per heavy atom. The Morgan fingerprint density at radius 3 is 2.82 bits per heavy atom. The first-order chi connectivity index (χ1) is 10.4. The maximum Gasteiger partial charge on any atom is 0.274 e. The summed E-state index contributed by atoms with van der Waals surface area (Å²) in [5.41, 5.74) is 2.39. The molecule has 2 N–H and O–H groups in total. The van der Waals surface area contributed by atoms with Gasteiger partial charge in [-0.15, -0.1) is 0 Å². The molecule has 1 heterocycles. The molecule has 1 aliphatic rings. The van der Waals surface area contributed by atoms with Crippen molar-refractivity contribution in [2.75, 3.05) is 12.3 Å². The molecular weight excluding hydrogens is 311 g/mol. The van der Waals surface area contributed by atoms with Crippen molar-refractivity contribution >= 4 is 15.9 Å². The van der Waals surface area contributed by atoms with Gasteiger partial charge in [-0.25, -0.2) is 18.3 Å². The molecule has 0 spiro atoms. The van der Waals surface area contributed by atoms with E-state index in [1.54, 1.807) is 6.92 Å². The van der Waals surface area contributed by atoms with Crippen LogP contribution in [0.1, 0.15) is 41.3 Å². The lowest BCUT2D eigenvalue weighted by molar-refractivity contribution is 0.0705. The fourth-order valence-corrected chi connectivity index (χ4v) is 4.12. The van der Waals surface area contributed by atoms with E-state index in [4.69, 9.17) is 5.21 Å². The van der Waals surface area contributed by atoms with Gasteiger partial charge in [-0.05, 0) is 37.0 Å². The molecule has 122 valence electrons. The van der Waals surface area contributed by atoms with Crippen LogP contribution in [-0.4, -0.2) is 36.1 Å². The number of amides is 1. The predicted octanol–water partition coefficient (Wildman–Crippen LogP) is 1.43. The zero-order chi connectivity index (χ0) is 16.3. The molecule has 2 rings (SSSR count). The Balaban J connectivity index is 2.38. The molecule has 8 heteroatoms. The van der Waals surface area contributed by atoms with Crippen LogP contribution < -0.4 is 5.48 Å². The van der Waals surface area contributed by atoms with Gasteiger partial charge in [-0.3, -0.25) is 10.0 Å². The first kappa shape index (κ1) is 16.9. The minimum atomic E-state index is -3.40. The Morgan fingerprint density at radius 1 is 1.45 bits per heavy atom. The molecule has 0 atom stereocenters. The SMILES string of the molecule is CCCS(=O)(=O)N1CCCc2cc(C(=O)NO)cc(F)c2C1. The van der Waals surface area contributed by atoms with E-state index in [1.807, 2.05) is 0 Å². The molecule has 0 aromatic heterocycles. The quantitative estimate of drug-likeness (QED) is 0.646. The molecule has 0 bridgehead atoms. The third kappa shape index (κ3) is 3.45. The summed E-state index contributed by atoms with van der Waals surface area (Å²) >= 11 is 0. The number of fused-ring (bicyclic) bond motifs is 1. The summed E-state index contributed by atoms with van der Waals surface area (Å²) < 4.78 is 40.0. The summed E-state index contributed by atoms with van der Waals surface area (Å²) in [4.78, 5) is 11.4. The molecule has 0 radical (unpaired) electrons. The summed E-state index contributed by atoms with van der Waals surface area (Å²) in [6.45, 7) is 2.09. The highest BCUT2D eigenvalue weighted by molar-refractivity contribution is 7.89. The molecule has 1 amide bonds. The van der Waals surface area contributed by atoms with Crippen LogP contribution in [0.25, 0.3) is 0 Å². The number of nitrogens with one attached hydrogen (secondary N) is 1. The Bertz CT molecular complexity index is 676. The fraction of sp³-hybridized carbons (Fsp3) is 0.500. The average molecular weight is 330 g/mol. The van der Waals surface area contributed by atoms with Crippen molar-refractivity contribution < 1.29 is 22.8 Å². The smallest absolute Gasteiger partial charge is 0.274 e. The number of rotatable bonds is 4. The van der Waals surface area contributed by atoms with Gasteiger partial charge in [-0.2, -0.15) is 4.31 Å². The van der Waals surface area contributed by atoms with E-state index in [1.165, 1.54) is 15.9 Å². The van der Waals surface area contributed by atoms with Gasteiger partial charge in [0.15, 0.2) is 0 Å². The van der Waals surface area contributed by atoms with Crippen molar-refractivity contribution in [1.82, 2.24) is 9.79 Å². The van der Waals surface area contributed by atoms with Crippen LogP contribution in [0.3, 0.4) is 0 Å². The maximum absolute atomic E-state index is 14.3. The van der Waals surface area contributed by atoms with Crippen LogP contribution in [0.5, 0.6) is 0 Å². The fourth-order valence-electron chi connectivity index (χ4n) is 2.62. The lowest BCUT2D eigenvalue weighted by Gasteiger charge is -2.20. The van der Waals surface area contributed by atoms with Crippen LogP contribution in [0, 0.1) is 5.82 Å². The van der Waals surface area contributed by atoms with E-state index in [9.17, 15) is 17.6 Å². The lowest BCUT2D eigenvalue weighted by Crippen LogP contribution is -2.33. The Hall–Kier alpha value is -1.51. The lowest BCUT2D eigenvalue weighted by atomic mass is 10.00. The molecule has 0 saturated carbocycles. The summed E-state index contributed by atoms with van der Waals surface area (Å²) in [7, 11) is -3.40. The van der Waals surface area contributed by atoms with Gasteiger partial charge < -0.3 is 0 Å². The minimum Gasteiger partial charge on any atom is -0.288 e. The van der Waals surface area contributed by atoms with Gasteiger partial charge in [0.1, 0.15) is 5.82 Å². The standard InChI is InChI=1S/C14H19FN2O4S/c1-2-6-22(20,21)17-5-3-4-10-7-11(14(18)16-19)8-13(15)12(10)9-17/h7-8,19H,2-6,9H2,1H3,(H,16,18). The summed E-state index contributed by atoms with van der Waals surface area (Å²) in [6, 6.07) is 2.51. The van der Waals surface area contributed by atoms with E-state index >= 15 is 0 Å². The number of hydrogen-bond donors (Lipinski definition) is 2. The number of benzene rings is 1. The zero-order valence-corrected chi connectivity index (χ0v) is 13.1. The number of aryl methyl sites for hydroxylation is 1. The second-order valence-electron chi connectivity index (χ2n) is 5.29. The maximum atomic E-state index is 14.3. The number of carbonyl (C=O) groups is 1. The molecule has 0 unspecified atom stereocenters. The highest BCUT2D eigenvalue weighted by atomic mass is 32.2. The monoisotopic (exact) mass is 330 g/mol. The second-order valence-corrected chi connectivity index (χ2v) is 7.38. The van der Waals surface area contributed by atoms with E-state index in [0.717, 1.165) is 6.07 Å². The molecule has 0 aliphatic carbocycles. The largest absolute Gasteiger partial charge is 0.288 e. The molecule has 1 aromatic rings. The summed E-state index contributed by atoms with van der Waals surface area (Å²) in [5.74, 6) is -1.38. The third-order valence-corrected chi connectivity index (χ3v) is 5.72. The van der Waals surface area contributed by atoms with Gasteiger partial charge in [0.2, 0.25) is 10.0 Å². The van der Waals surface area contributed by atoms with Gasteiger partial charge in [0, 0.05) is 24.2 Å². The van der Waals surface area contributed by atoms with Crippen molar-refractivity contribution in [2.45, 2.75) is 32.7 Å². The van der Waals surface area contributed by atoms with Crippen molar-refractivity contribution in [3.05, 3.63) is 34.6 Å². The average Bonchev–Trinajstić information content (AvgIpc) is 2.69. The number of hydroxylamine groups is 1. The van der Waals surface area contributed by atoms with E-state index < -0.39 is 21.7 Å². The van der Waals surface area contributed by atoms with Crippen molar-refractivity contribution in [1.29, 1.82) is 0 Å². The van der Waals surface area contributed by atoms with E-state index in [-0.39, 0.29) is 17.9 Å². The van der Waals surface area contributed by atoms with Gasteiger partial charge in [0.05, 0.1) is 5.75 Å². The highest BCUT2D eigenvalue weighted by Gasteiger charge is 2.27. The number of nitrogens with zero attached hydrogens (tertiary/aromatic N) is 1. The summed E-state index contributed by atoms with van der Waals surface area (Å²) in [6.07, 6.45) is 1.54. The molecular formula is C14H19FN2O4S. The van der Waals surface area contributed by atoms with E-state index in [0.29, 0.717) is 36.9 Å². The van der Waals surface area contributed by atoms with Crippen LogP contribution >= 0.6 is 0 Å². The molecule has 6 nitrogen and oxygen atoms in total. The number of sulfonamides is 1. The van der Waals surface area contributed by atoms with Crippen molar-refractivity contribution in [3.63, 3.8) is 0 Å². The van der Waals surface area contributed by atoms with E-state index in [2.05, 4.69) is 0 Å². The first-order valence-corrected chi connectivity index (χ1v) is 8.73. The van der Waals surface area contributed by atoms with Crippen molar-refractivity contribution in [2.24, 2.45) is 0 Å². The highest BCUT2D eigenvalue weighted by Crippen LogP contribution is 2.25. The normalized spacial score (nSPS) is 16.0. The molecule has 1 aliphatic heterocycles. The van der Waals surface area contributed by atoms with Crippen LogP contribution in [0.4, 0.5) is 4.39 Å². The third-order valence-electron chi connectivity index (χ3n) is 3.70.